The fourth-order valence-corrected chi connectivity index (χ4v) is 1.83. The Morgan fingerprint density at radius 3 is 2.57 bits per heavy atom. The average molecular weight is 321 g/mol. The second-order valence-corrected chi connectivity index (χ2v) is 4.91. The average Bonchev–Trinajstić information content (AvgIpc) is 2.53. The number of carboxylic acids is 1. The number of nitrogens with two attached hydrogens (primary N) is 2. The van der Waals surface area contributed by atoms with E-state index < -0.39 is 24.0 Å². The molecular formula is C14H19N5O4. The monoisotopic (exact) mass is 321 g/mol. The first kappa shape index (κ1) is 18.4. The van der Waals surface area contributed by atoms with Crippen LogP contribution in [0, 0.1) is 0 Å². The molecule has 0 fully saturated rings. The summed E-state index contributed by atoms with van der Waals surface area (Å²) < 4.78 is 5.09. The van der Waals surface area contributed by atoms with E-state index in [1.807, 2.05) is 0 Å². The number of carbonyl (C=O) groups excluding carboxylic acids is 1. The predicted octanol–water partition coefficient (Wildman–Crippen LogP) is 1.58. The summed E-state index contributed by atoms with van der Waals surface area (Å²) in [7, 11) is 0. The maximum Gasteiger partial charge on any atom is 0.323 e. The van der Waals surface area contributed by atoms with Crippen molar-refractivity contribution >= 4 is 17.6 Å². The summed E-state index contributed by atoms with van der Waals surface area (Å²) in [6, 6.07) is 4.89. The Hall–Kier alpha value is -2.61. The lowest BCUT2D eigenvalue weighted by Gasteiger charge is -2.13. The van der Waals surface area contributed by atoms with Crippen LogP contribution in [0.25, 0.3) is 10.4 Å². The molecule has 5 N–H and O–H groups in total. The minimum Gasteiger partial charge on any atom is -0.480 e. The van der Waals surface area contributed by atoms with Gasteiger partial charge in [0.15, 0.2) is 0 Å². The number of hydrogen-bond acceptors (Lipinski definition) is 6. The normalized spacial score (nSPS) is 12.8. The first-order valence-electron chi connectivity index (χ1n) is 6.99. The summed E-state index contributed by atoms with van der Waals surface area (Å²) in [6.45, 7) is -0.0592. The van der Waals surface area contributed by atoms with Crippen LogP contribution < -0.4 is 11.5 Å². The standard InChI is InChI=1S/C14H19N5O4/c15-10(13(20)21)5-3-6-11(16)14(22)23-8-9-4-1-2-7-12(9)18-19-17/h1-2,4,7,10-11H,3,5-6,8,15-16H2,(H,20,21)/t10-,11?/m0/s1. The third-order valence-electron chi connectivity index (χ3n) is 3.16. The summed E-state index contributed by atoms with van der Waals surface area (Å²) in [4.78, 5) is 25.1. The molecule has 2 atom stereocenters. The number of azide groups is 1. The molecule has 0 aliphatic rings. The SMILES string of the molecule is [N-]=[N+]=Nc1ccccc1COC(=O)C(N)CCC[C@H](N)C(=O)O. The predicted molar refractivity (Wildman–Crippen MR) is 82.5 cm³/mol. The third kappa shape index (κ3) is 6.35. The van der Waals surface area contributed by atoms with E-state index in [-0.39, 0.29) is 19.4 Å². The quantitative estimate of drug-likeness (QED) is 0.270. The van der Waals surface area contributed by atoms with Gasteiger partial charge in [-0.2, -0.15) is 0 Å². The fourth-order valence-electron chi connectivity index (χ4n) is 1.83. The molecule has 9 nitrogen and oxygen atoms in total. The lowest BCUT2D eigenvalue weighted by Crippen LogP contribution is -2.34. The van der Waals surface area contributed by atoms with Crippen molar-refractivity contribution in [3.63, 3.8) is 0 Å². The molecule has 0 spiro atoms. The minimum atomic E-state index is -1.09. The third-order valence-corrected chi connectivity index (χ3v) is 3.16. The molecule has 0 saturated heterocycles. The zero-order chi connectivity index (χ0) is 17.2. The molecule has 1 aromatic rings. The Labute approximate surface area is 132 Å². The van der Waals surface area contributed by atoms with Crippen molar-refractivity contribution in [2.75, 3.05) is 0 Å². The molecule has 1 aromatic carbocycles. The van der Waals surface area contributed by atoms with Crippen molar-refractivity contribution < 1.29 is 19.4 Å². The van der Waals surface area contributed by atoms with Gasteiger partial charge >= 0.3 is 11.9 Å². The van der Waals surface area contributed by atoms with Crippen LogP contribution in [-0.4, -0.2) is 29.1 Å². The second kappa shape index (κ2) is 9.42. The van der Waals surface area contributed by atoms with Crippen molar-refractivity contribution in [2.45, 2.75) is 38.0 Å². The molecule has 0 aliphatic carbocycles. The van der Waals surface area contributed by atoms with Gasteiger partial charge in [0.05, 0.1) is 0 Å². The number of hydrogen-bond donors (Lipinski definition) is 3. The summed E-state index contributed by atoms with van der Waals surface area (Å²) in [5.41, 5.74) is 20.5. The molecule has 0 heterocycles. The van der Waals surface area contributed by atoms with Crippen LogP contribution in [-0.2, 0) is 20.9 Å². The number of aliphatic carboxylic acids is 1. The number of rotatable bonds is 9. The Kier molecular flexibility index (Phi) is 7.55. The van der Waals surface area contributed by atoms with Gasteiger partial charge in [0.25, 0.3) is 0 Å². The number of carbonyl (C=O) groups is 2. The first-order chi connectivity index (χ1) is 11.0. The van der Waals surface area contributed by atoms with E-state index in [0.717, 1.165) is 0 Å². The van der Waals surface area contributed by atoms with Gasteiger partial charge in [-0.25, -0.2) is 0 Å². The van der Waals surface area contributed by atoms with E-state index in [9.17, 15) is 9.59 Å². The molecular weight excluding hydrogens is 302 g/mol. The van der Waals surface area contributed by atoms with Crippen molar-refractivity contribution in [3.8, 4) is 0 Å². The molecule has 9 heteroatoms. The Morgan fingerprint density at radius 1 is 1.26 bits per heavy atom. The summed E-state index contributed by atoms with van der Waals surface area (Å²) >= 11 is 0. The van der Waals surface area contributed by atoms with Crippen molar-refractivity contribution in [1.82, 2.24) is 0 Å². The molecule has 0 aromatic heterocycles. The Morgan fingerprint density at radius 2 is 1.91 bits per heavy atom. The van der Waals surface area contributed by atoms with Crippen LogP contribution in [0.4, 0.5) is 5.69 Å². The second-order valence-electron chi connectivity index (χ2n) is 4.91. The molecule has 0 amide bonds. The largest absolute Gasteiger partial charge is 0.480 e. The van der Waals surface area contributed by atoms with Gasteiger partial charge in [0.1, 0.15) is 18.7 Å². The topological polar surface area (TPSA) is 164 Å². The Balaban J connectivity index is 2.44. The molecule has 0 aliphatic heterocycles. The van der Waals surface area contributed by atoms with Gasteiger partial charge in [-0.1, -0.05) is 29.4 Å². The highest BCUT2D eigenvalue weighted by Crippen LogP contribution is 2.19. The van der Waals surface area contributed by atoms with E-state index in [4.69, 9.17) is 26.8 Å². The van der Waals surface area contributed by atoms with Crippen LogP contribution in [0.15, 0.2) is 29.4 Å². The number of nitrogens with zero attached hydrogens (tertiary/aromatic N) is 3. The number of carboxylic acid groups (broad SMARTS) is 1. The minimum absolute atomic E-state index is 0.0592. The number of ether oxygens (including phenoxy) is 1. The van der Waals surface area contributed by atoms with Gasteiger partial charge < -0.3 is 21.3 Å². The highest BCUT2D eigenvalue weighted by atomic mass is 16.5. The van der Waals surface area contributed by atoms with Gasteiger partial charge in [0, 0.05) is 10.6 Å². The summed E-state index contributed by atoms with van der Waals surface area (Å²) in [5.74, 6) is -1.69. The van der Waals surface area contributed by atoms with E-state index in [2.05, 4.69) is 10.0 Å². The molecule has 0 bridgehead atoms. The zero-order valence-electron chi connectivity index (χ0n) is 12.5. The highest BCUT2D eigenvalue weighted by molar-refractivity contribution is 5.75. The first-order valence-corrected chi connectivity index (χ1v) is 6.99. The van der Waals surface area contributed by atoms with Crippen LogP contribution in [0.5, 0.6) is 0 Å². The van der Waals surface area contributed by atoms with Crippen LogP contribution in [0.1, 0.15) is 24.8 Å². The maximum absolute atomic E-state index is 11.8. The molecule has 0 saturated carbocycles. The number of esters is 1. The smallest absolute Gasteiger partial charge is 0.323 e. The zero-order valence-corrected chi connectivity index (χ0v) is 12.5. The molecule has 0 radical (unpaired) electrons. The summed E-state index contributed by atoms with van der Waals surface area (Å²) in [6.07, 6.45) is 0.910. The lowest BCUT2D eigenvalue weighted by atomic mass is 10.1. The highest BCUT2D eigenvalue weighted by Gasteiger charge is 2.17. The summed E-state index contributed by atoms with van der Waals surface area (Å²) in [5, 5.41) is 12.2. The van der Waals surface area contributed by atoms with Crippen molar-refractivity contribution in [3.05, 3.63) is 40.3 Å². The van der Waals surface area contributed by atoms with Crippen LogP contribution in [0.3, 0.4) is 0 Å². The Bertz CT molecular complexity index is 601. The van der Waals surface area contributed by atoms with E-state index in [1.54, 1.807) is 24.3 Å². The van der Waals surface area contributed by atoms with Crippen LogP contribution in [0.2, 0.25) is 0 Å². The maximum atomic E-state index is 11.8. The van der Waals surface area contributed by atoms with Gasteiger partial charge in [-0.05, 0) is 30.4 Å². The van der Waals surface area contributed by atoms with Gasteiger partial charge in [-0.15, -0.1) is 0 Å². The van der Waals surface area contributed by atoms with Crippen LogP contribution >= 0.6 is 0 Å². The van der Waals surface area contributed by atoms with E-state index in [1.165, 1.54) is 0 Å². The van der Waals surface area contributed by atoms with E-state index in [0.29, 0.717) is 17.7 Å². The fraction of sp³-hybridized carbons (Fsp3) is 0.429. The number of benzene rings is 1. The van der Waals surface area contributed by atoms with E-state index >= 15 is 0 Å². The molecule has 23 heavy (non-hydrogen) atoms. The molecule has 124 valence electrons. The lowest BCUT2D eigenvalue weighted by molar-refractivity contribution is -0.146. The van der Waals surface area contributed by atoms with Crippen molar-refractivity contribution in [2.24, 2.45) is 16.6 Å². The molecule has 1 unspecified atom stereocenters. The van der Waals surface area contributed by atoms with Gasteiger partial charge in [0.2, 0.25) is 0 Å². The van der Waals surface area contributed by atoms with Crippen molar-refractivity contribution in [1.29, 1.82) is 0 Å². The molecule has 1 rings (SSSR count). The van der Waals surface area contributed by atoms with Gasteiger partial charge in [-0.3, -0.25) is 9.59 Å².